The van der Waals surface area contributed by atoms with E-state index in [0.717, 1.165) is 25.3 Å². The van der Waals surface area contributed by atoms with E-state index in [1.807, 2.05) is 0 Å². The fraction of sp³-hybridized carbons (Fsp3) is 0.647. The Hall–Kier alpha value is -1.06. The number of nitrogens with zero attached hydrogens (tertiary/aromatic N) is 1. The monoisotopic (exact) mass is 272 g/mol. The van der Waals surface area contributed by atoms with Crippen molar-refractivity contribution in [2.45, 2.75) is 43.7 Å². The first-order valence-corrected chi connectivity index (χ1v) is 8.07. The molecular weight excluding hydrogens is 248 g/mol. The molecule has 1 N–H and O–H groups in total. The molecule has 3 aliphatic rings. The summed E-state index contributed by atoms with van der Waals surface area (Å²) in [5, 5.41) is 3.81. The summed E-state index contributed by atoms with van der Waals surface area (Å²) in [5.41, 5.74) is 1.81. The van der Waals surface area contributed by atoms with Crippen LogP contribution >= 0.6 is 0 Å². The molecule has 1 saturated heterocycles. The van der Waals surface area contributed by atoms with Gasteiger partial charge in [0.15, 0.2) is 0 Å². The van der Waals surface area contributed by atoms with E-state index in [4.69, 9.17) is 4.74 Å². The van der Waals surface area contributed by atoms with Crippen LogP contribution in [0.1, 0.15) is 43.7 Å². The minimum absolute atomic E-state index is 0.408. The topological polar surface area (TPSA) is 24.5 Å². The van der Waals surface area contributed by atoms with Crippen molar-refractivity contribution in [2.24, 2.45) is 0 Å². The van der Waals surface area contributed by atoms with E-state index in [2.05, 4.69) is 34.5 Å². The normalized spacial score (nSPS) is 29.1. The van der Waals surface area contributed by atoms with Gasteiger partial charge in [-0.2, -0.15) is 0 Å². The number of piperazine rings is 1. The highest BCUT2D eigenvalue weighted by Gasteiger charge is 2.40. The fourth-order valence-corrected chi connectivity index (χ4v) is 4.34. The SMILES string of the molecule is c1ccc2c(c1)OCCC2N1CCNC2(CCCC2)C1. The molecule has 1 saturated carbocycles. The highest BCUT2D eigenvalue weighted by atomic mass is 16.5. The van der Waals surface area contributed by atoms with Gasteiger partial charge in [0.05, 0.1) is 6.61 Å². The molecule has 1 aromatic carbocycles. The molecule has 1 unspecified atom stereocenters. The van der Waals surface area contributed by atoms with Gasteiger partial charge in [0, 0.05) is 43.2 Å². The van der Waals surface area contributed by atoms with Crippen LogP contribution in [0, 0.1) is 0 Å². The number of rotatable bonds is 1. The minimum atomic E-state index is 0.408. The predicted octanol–water partition coefficient (Wildman–Crippen LogP) is 2.73. The highest BCUT2D eigenvalue weighted by molar-refractivity contribution is 5.37. The van der Waals surface area contributed by atoms with Gasteiger partial charge in [-0.05, 0) is 18.9 Å². The van der Waals surface area contributed by atoms with Crippen LogP contribution in [0.25, 0.3) is 0 Å². The Labute approximate surface area is 121 Å². The summed E-state index contributed by atoms with van der Waals surface area (Å²) in [7, 11) is 0. The molecule has 4 rings (SSSR count). The van der Waals surface area contributed by atoms with Gasteiger partial charge in [-0.15, -0.1) is 0 Å². The van der Waals surface area contributed by atoms with Gasteiger partial charge in [0.2, 0.25) is 0 Å². The average molecular weight is 272 g/mol. The lowest BCUT2D eigenvalue weighted by molar-refractivity contribution is 0.0709. The molecule has 2 heterocycles. The summed E-state index contributed by atoms with van der Waals surface area (Å²) in [6.07, 6.45) is 6.63. The standard InChI is InChI=1S/C17H24N2O/c1-2-6-16-14(5-1)15(7-12-20-16)19-11-10-18-17(13-19)8-3-4-9-17/h1-2,5-6,15,18H,3-4,7-13H2. The molecule has 0 bridgehead atoms. The zero-order valence-electron chi connectivity index (χ0n) is 12.1. The number of hydrogen-bond donors (Lipinski definition) is 1. The van der Waals surface area contributed by atoms with Crippen molar-refractivity contribution in [3.05, 3.63) is 29.8 Å². The molecule has 3 nitrogen and oxygen atoms in total. The Morgan fingerprint density at radius 3 is 2.95 bits per heavy atom. The summed E-state index contributed by atoms with van der Waals surface area (Å²) in [6.45, 7) is 4.38. The summed E-state index contributed by atoms with van der Waals surface area (Å²) >= 11 is 0. The zero-order chi connectivity index (χ0) is 13.4. The van der Waals surface area contributed by atoms with Crippen LogP contribution in [0.3, 0.4) is 0 Å². The molecule has 20 heavy (non-hydrogen) atoms. The van der Waals surface area contributed by atoms with Crippen LogP contribution in [0.15, 0.2) is 24.3 Å². The lowest BCUT2D eigenvalue weighted by Crippen LogP contribution is -2.59. The van der Waals surface area contributed by atoms with Crippen LogP contribution < -0.4 is 10.1 Å². The van der Waals surface area contributed by atoms with Gasteiger partial charge in [-0.1, -0.05) is 31.0 Å². The number of benzene rings is 1. The molecule has 3 heteroatoms. The predicted molar refractivity (Wildman–Crippen MR) is 80.1 cm³/mol. The van der Waals surface area contributed by atoms with Gasteiger partial charge < -0.3 is 10.1 Å². The van der Waals surface area contributed by atoms with Crippen LogP contribution in [-0.4, -0.2) is 36.7 Å². The number of hydrogen-bond acceptors (Lipinski definition) is 3. The summed E-state index contributed by atoms with van der Waals surface area (Å²) < 4.78 is 5.82. The second kappa shape index (κ2) is 5.05. The Morgan fingerprint density at radius 1 is 1.20 bits per heavy atom. The molecule has 1 aliphatic carbocycles. The molecule has 0 aromatic heterocycles. The minimum Gasteiger partial charge on any atom is -0.493 e. The maximum absolute atomic E-state index is 5.82. The summed E-state index contributed by atoms with van der Waals surface area (Å²) in [6, 6.07) is 9.16. The Kier molecular flexibility index (Phi) is 3.20. The second-order valence-corrected chi connectivity index (χ2v) is 6.58. The van der Waals surface area contributed by atoms with Crippen molar-refractivity contribution in [3.63, 3.8) is 0 Å². The summed E-state index contributed by atoms with van der Waals surface area (Å²) in [5.74, 6) is 1.10. The van der Waals surface area contributed by atoms with Crippen LogP contribution in [0.4, 0.5) is 0 Å². The molecule has 0 amide bonds. The smallest absolute Gasteiger partial charge is 0.124 e. The quantitative estimate of drug-likeness (QED) is 0.851. The van der Waals surface area contributed by atoms with Crippen molar-refractivity contribution in [3.8, 4) is 5.75 Å². The average Bonchev–Trinajstić information content (AvgIpc) is 2.94. The molecule has 1 aromatic rings. The highest BCUT2D eigenvalue weighted by Crippen LogP contribution is 2.39. The van der Waals surface area contributed by atoms with Gasteiger partial charge in [-0.25, -0.2) is 0 Å². The summed E-state index contributed by atoms with van der Waals surface area (Å²) in [4.78, 5) is 2.71. The first kappa shape index (κ1) is 12.7. The van der Waals surface area contributed by atoms with E-state index in [-0.39, 0.29) is 0 Å². The molecule has 1 spiro atoms. The number of para-hydroxylation sites is 1. The zero-order valence-corrected chi connectivity index (χ0v) is 12.1. The van der Waals surface area contributed by atoms with E-state index in [0.29, 0.717) is 11.6 Å². The van der Waals surface area contributed by atoms with Crippen LogP contribution in [0.2, 0.25) is 0 Å². The molecule has 1 atom stereocenters. The number of nitrogens with one attached hydrogen (secondary N) is 1. The lowest BCUT2D eigenvalue weighted by atomic mass is 9.91. The van der Waals surface area contributed by atoms with Crippen molar-refractivity contribution < 1.29 is 4.74 Å². The van der Waals surface area contributed by atoms with E-state index in [1.165, 1.54) is 44.3 Å². The maximum atomic E-state index is 5.82. The van der Waals surface area contributed by atoms with Gasteiger partial charge in [0.1, 0.15) is 5.75 Å². The first-order chi connectivity index (χ1) is 9.86. The van der Waals surface area contributed by atoms with Crippen molar-refractivity contribution in [2.75, 3.05) is 26.2 Å². The van der Waals surface area contributed by atoms with Gasteiger partial charge in [0.25, 0.3) is 0 Å². The van der Waals surface area contributed by atoms with Crippen molar-refractivity contribution >= 4 is 0 Å². The van der Waals surface area contributed by atoms with E-state index < -0.39 is 0 Å². The van der Waals surface area contributed by atoms with Crippen molar-refractivity contribution in [1.29, 1.82) is 0 Å². The third-order valence-corrected chi connectivity index (χ3v) is 5.33. The fourth-order valence-electron chi connectivity index (χ4n) is 4.34. The van der Waals surface area contributed by atoms with E-state index in [1.54, 1.807) is 0 Å². The molecule has 0 radical (unpaired) electrons. The van der Waals surface area contributed by atoms with Crippen LogP contribution in [0.5, 0.6) is 5.75 Å². The van der Waals surface area contributed by atoms with Gasteiger partial charge >= 0.3 is 0 Å². The molecule has 108 valence electrons. The third kappa shape index (κ3) is 2.13. The second-order valence-electron chi connectivity index (χ2n) is 6.58. The Balaban J connectivity index is 1.58. The number of fused-ring (bicyclic) bond motifs is 1. The molecule has 2 fully saturated rings. The molecule has 2 aliphatic heterocycles. The lowest BCUT2D eigenvalue weighted by Gasteiger charge is -2.46. The first-order valence-electron chi connectivity index (χ1n) is 8.07. The maximum Gasteiger partial charge on any atom is 0.124 e. The third-order valence-electron chi connectivity index (χ3n) is 5.33. The van der Waals surface area contributed by atoms with Crippen LogP contribution in [-0.2, 0) is 0 Å². The van der Waals surface area contributed by atoms with Crippen molar-refractivity contribution in [1.82, 2.24) is 10.2 Å². The van der Waals surface area contributed by atoms with E-state index in [9.17, 15) is 0 Å². The number of ether oxygens (including phenoxy) is 1. The van der Waals surface area contributed by atoms with Gasteiger partial charge in [-0.3, -0.25) is 4.90 Å². The largest absolute Gasteiger partial charge is 0.493 e. The van der Waals surface area contributed by atoms with E-state index >= 15 is 0 Å². The Morgan fingerprint density at radius 2 is 2.05 bits per heavy atom. The Bertz CT molecular complexity index is 482. The molecular formula is C17H24N2O.